The van der Waals surface area contributed by atoms with Gasteiger partial charge in [0.05, 0.1) is 0 Å². The molecule has 0 N–H and O–H groups in total. The van der Waals surface area contributed by atoms with E-state index in [0.29, 0.717) is 0 Å². The van der Waals surface area contributed by atoms with Gasteiger partial charge in [-0.05, 0) is 11.6 Å². The summed E-state index contributed by atoms with van der Waals surface area (Å²) in [5.74, 6) is 0. The number of allylic oxidation sites excluding steroid dienone is 2. The van der Waals surface area contributed by atoms with Gasteiger partial charge in [0.15, 0.2) is 0 Å². The zero-order valence-electron chi connectivity index (χ0n) is 11.4. The molecule has 0 radical (unpaired) electrons. The van der Waals surface area contributed by atoms with Crippen molar-refractivity contribution in [2.75, 3.05) is 0 Å². The Kier molecular flexibility index (Phi) is 3.75. The fourth-order valence-corrected chi connectivity index (χ4v) is 3.20. The lowest BCUT2D eigenvalue weighted by molar-refractivity contribution is -0.642. The lowest BCUT2D eigenvalue weighted by Crippen LogP contribution is -2.28. The van der Waals surface area contributed by atoms with Crippen molar-refractivity contribution in [3.63, 3.8) is 0 Å². The van der Waals surface area contributed by atoms with E-state index in [1.165, 1.54) is 20.8 Å². The van der Waals surface area contributed by atoms with E-state index in [-0.39, 0.29) is 0 Å². The molecule has 0 unspecified atom stereocenters. The maximum atomic E-state index is 2.23. The van der Waals surface area contributed by atoms with Gasteiger partial charge in [0.1, 0.15) is 11.7 Å². The fourth-order valence-electron chi connectivity index (χ4n) is 2.13. The van der Waals surface area contributed by atoms with Crippen LogP contribution in [-0.4, -0.2) is 0 Å². The Bertz CT molecular complexity index is 766. The van der Waals surface area contributed by atoms with Gasteiger partial charge in [0, 0.05) is 12.1 Å². The second-order valence-corrected chi connectivity index (χ2v) is 5.66. The minimum atomic E-state index is 1.22. The van der Waals surface area contributed by atoms with Crippen molar-refractivity contribution in [2.45, 2.75) is 0 Å². The van der Waals surface area contributed by atoms with Gasteiger partial charge in [0.25, 0.3) is 5.01 Å². The number of aromatic nitrogens is 1. The van der Waals surface area contributed by atoms with E-state index in [9.17, 15) is 0 Å². The Morgan fingerprint density at radius 1 is 0.850 bits per heavy atom. The maximum absolute atomic E-state index is 2.23. The highest BCUT2D eigenvalue weighted by atomic mass is 32.1. The highest BCUT2D eigenvalue weighted by molar-refractivity contribution is 7.18. The van der Waals surface area contributed by atoms with Crippen LogP contribution in [0.3, 0.4) is 0 Å². The van der Waals surface area contributed by atoms with Crippen LogP contribution in [0.4, 0.5) is 0 Å². The minimum absolute atomic E-state index is 1.22. The maximum Gasteiger partial charge on any atom is 0.262 e. The highest BCUT2D eigenvalue weighted by Crippen LogP contribution is 2.20. The number of aryl methyl sites for hydroxylation is 1. The molecular formula is C18H16NS+. The summed E-state index contributed by atoms with van der Waals surface area (Å²) in [6.45, 7) is 0. The average molecular weight is 278 g/mol. The third-order valence-corrected chi connectivity index (χ3v) is 4.39. The van der Waals surface area contributed by atoms with E-state index in [1.54, 1.807) is 0 Å². The zero-order chi connectivity index (χ0) is 13.8. The van der Waals surface area contributed by atoms with Crippen molar-refractivity contribution in [2.24, 2.45) is 7.05 Å². The molecule has 20 heavy (non-hydrogen) atoms. The van der Waals surface area contributed by atoms with Crippen molar-refractivity contribution in [1.82, 2.24) is 0 Å². The molecule has 1 aromatic heterocycles. The Balaban J connectivity index is 1.81. The standard InChI is InChI=1S/C18H16NS/c1-19-16-12-6-7-13-17(16)20-18(19)14-8-5-11-15-9-3-2-4-10-15/h2-14H,1H3/q+1/b11-5-,14-8-. The summed E-state index contributed by atoms with van der Waals surface area (Å²) < 4.78 is 3.55. The van der Waals surface area contributed by atoms with E-state index in [2.05, 4.69) is 84.4 Å². The van der Waals surface area contributed by atoms with E-state index in [0.717, 1.165) is 0 Å². The summed E-state index contributed by atoms with van der Waals surface area (Å²) >= 11 is 1.81. The van der Waals surface area contributed by atoms with Crippen LogP contribution in [0.1, 0.15) is 10.6 Å². The largest absolute Gasteiger partial charge is 0.262 e. The molecule has 98 valence electrons. The molecule has 2 aromatic carbocycles. The first kappa shape index (κ1) is 12.8. The molecule has 0 bridgehead atoms. The molecule has 0 aliphatic rings. The van der Waals surface area contributed by atoms with Crippen LogP contribution in [0, 0.1) is 0 Å². The molecule has 0 saturated heterocycles. The van der Waals surface area contributed by atoms with Crippen molar-refractivity contribution >= 4 is 33.7 Å². The number of thiazole rings is 1. The molecule has 0 saturated carbocycles. The number of benzene rings is 2. The molecule has 0 fully saturated rings. The topological polar surface area (TPSA) is 3.88 Å². The van der Waals surface area contributed by atoms with Gasteiger partial charge in [-0.25, -0.2) is 0 Å². The molecule has 0 aliphatic heterocycles. The molecule has 3 aromatic rings. The summed E-state index contributed by atoms with van der Waals surface area (Å²) in [4.78, 5) is 0. The minimum Gasteiger partial charge on any atom is -0.185 e. The number of nitrogens with zero attached hydrogens (tertiary/aromatic N) is 1. The van der Waals surface area contributed by atoms with Crippen LogP contribution in [-0.2, 0) is 7.05 Å². The third-order valence-electron chi connectivity index (χ3n) is 3.21. The number of fused-ring (bicyclic) bond motifs is 1. The molecule has 0 spiro atoms. The molecule has 1 nitrogen and oxygen atoms in total. The van der Waals surface area contributed by atoms with Crippen molar-refractivity contribution in [1.29, 1.82) is 0 Å². The van der Waals surface area contributed by atoms with E-state index in [1.807, 2.05) is 17.4 Å². The van der Waals surface area contributed by atoms with Crippen molar-refractivity contribution < 1.29 is 4.57 Å². The highest BCUT2D eigenvalue weighted by Gasteiger charge is 2.12. The van der Waals surface area contributed by atoms with Gasteiger partial charge in [0.2, 0.25) is 5.52 Å². The van der Waals surface area contributed by atoms with Crippen LogP contribution in [0.5, 0.6) is 0 Å². The van der Waals surface area contributed by atoms with Crippen LogP contribution < -0.4 is 4.57 Å². The summed E-state index contributed by atoms with van der Waals surface area (Å²) in [7, 11) is 2.11. The molecule has 0 aliphatic carbocycles. The quantitative estimate of drug-likeness (QED) is 0.492. The summed E-state index contributed by atoms with van der Waals surface area (Å²) in [5.41, 5.74) is 2.50. The van der Waals surface area contributed by atoms with E-state index >= 15 is 0 Å². The normalized spacial score (nSPS) is 11.8. The molecular weight excluding hydrogens is 262 g/mol. The predicted molar refractivity (Wildman–Crippen MR) is 87.5 cm³/mol. The summed E-state index contributed by atoms with van der Waals surface area (Å²) in [5, 5.41) is 1.25. The van der Waals surface area contributed by atoms with Gasteiger partial charge < -0.3 is 0 Å². The Labute approximate surface area is 123 Å². The van der Waals surface area contributed by atoms with Crippen LogP contribution in [0.25, 0.3) is 22.4 Å². The average Bonchev–Trinajstić information content (AvgIpc) is 2.82. The van der Waals surface area contributed by atoms with Crippen LogP contribution >= 0.6 is 11.3 Å². The second-order valence-electron chi connectivity index (χ2n) is 4.60. The lowest BCUT2D eigenvalue weighted by atomic mass is 10.2. The molecule has 2 heteroatoms. The van der Waals surface area contributed by atoms with Gasteiger partial charge >= 0.3 is 0 Å². The predicted octanol–water partition coefficient (Wildman–Crippen LogP) is 4.45. The molecule has 0 atom stereocenters. The molecule has 1 heterocycles. The first-order valence-corrected chi connectivity index (χ1v) is 7.43. The Hall–Kier alpha value is -2.19. The van der Waals surface area contributed by atoms with Gasteiger partial charge in [-0.1, -0.05) is 72.0 Å². The molecule has 3 rings (SSSR count). The number of hydrogen-bond acceptors (Lipinski definition) is 1. The third kappa shape index (κ3) is 2.70. The first-order valence-electron chi connectivity index (χ1n) is 6.62. The van der Waals surface area contributed by atoms with Crippen LogP contribution in [0.2, 0.25) is 0 Å². The zero-order valence-corrected chi connectivity index (χ0v) is 12.2. The van der Waals surface area contributed by atoms with Gasteiger partial charge in [-0.15, -0.1) is 0 Å². The van der Waals surface area contributed by atoms with Gasteiger partial charge in [-0.3, -0.25) is 0 Å². The fraction of sp³-hybridized carbons (Fsp3) is 0.0556. The molecule has 0 amide bonds. The van der Waals surface area contributed by atoms with Gasteiger partial charge in [-0.2, -0.15) is 4.57 Å². The number of hydrogen-bond donors (Lipinski definition) is 0. The van der Waals surface area contributed by atoms with Crippen molar-refractivity contribution in [3.05, 3.63) is 77.3 Å². The smallest absolute Gasteiger partial charge is 0.185 e. The first-order chi connectivity index (χ1) is 9.84. The summed E-state index contributed by atoms with van der Waals surface area (Å²) in [6.07, 6.45) is 8.45. The van der Waals surface area contributed by atoms with Crippen molar-refractivity contribution in [3.8, 4) is 0 Å². The van der Waals surface area contributed by atoms with E-state index < -0.39 is 0 Å². The number of para-hydroxylation sites is 1. The van der Waals surface area contributed by atoms with Crippen LogP contribution in [0.15, 0.2) is 66.7 Å². The SMILES string of the molecule is C[n+]1c(/C=C\C=C/c2ccccc2)sc2ccccc21. The lowest BCUT2D eigenvalue weighted by Gasteiger charge is -1.88. The second kappa shape index (κ2) is 5.85. The Morgan fingerprint density at radius 2 is 1.55 bits per heavy atom. The monoisotopic (exact) mass is 278 g/mol. The Morgan fingerprint density at radius 3 is 2.35 bits per heavy atom. The number of rotatable bonds is 3. The van der Waals surface area contributed by atoms with E-state index in [4.69, 9.17) is 0 Å². The summed E-state index contributed by atoms with van der Waals surface area (Å²) in [6, 6.07) is 18.8.